The first-order chi connectivity index (χ1) is 14.3. The predicted octanol–water partition coefficient (Wildman–Crippen LogP) is 4.87. The molecule has 0 bridgehead atoms. The van der Waals surface area contributed by atoms with Crippen LogP contribution in [0.3, 0.4) is 0 Å². The van der Waals surface area contributed by atoms with Gasteiger partial charge in [-0.15, -0.1) is 0 Å². The van der Waals surface area contributed by atoms with Crippen molar-refractivity contribution in [1.29, 1.82) is 0 Å². The van der Waals surface area contributed by atoms with E-state index in [1.807, 2.05) is 18.2 Å². The molecule has 0 aromatic heterocycles. The Kier molecular flexibility index (Phi) is 5.67. The molecule has 2 aromatic rings. The van der Waals surface area contributed by atoms with Crippen LogP contribution < -0.4 is 0 Å². The summed E-state index contributed by atoms with van der Waals surface area (Å²) in [5, 5.41) is 11.7. The topological polar surface area (TPSA) is 40.5 Å². The normalized spacial score (nSPS) is 21.4. The molecule has 1 atom stereocenters. The van der Waals surface area contributed by atoms with Crippen molar-refractivity contribution in [3.8, 4) is 0 Å². The van der Waals surface area contributed by atoms with E-state index < -0.39 is 17.1 Å². The number of hydrogen-bond donors (Lipinski definition) is 1. The summed E-state index contributed by atoms with van der Waals surface area (Å²) in [5.41, 5.74) is -2.00. The second-order valence-corrected chi connectivity index (χ2v) is 8.67. The smallest absolute Gasteiger partial charge is 0.259 e. The van der Waals surface area contributed by atoms with Gasteiger partial charge in [0.25, 0.3) is 5.91 Å². The van der Waals surface area contributed by atoms with Gasteiger partial charge in [-0.1, -0.05) is 49.2 Å². The zero-order valence-electron chi connectivity index (χ0n) is 17.1. The monoisotopic (exact) mass is 412 g/mol. The fourth-order valence-corrected chi connectivity index (χ4v) is 5.11. The van der Waals surface area contributed by atoms with Crippen LogP contribution in [0.15, 0.2) is 48.5 Å². The van der Waals surface area contributed by atoms with E-state index in [2.05, 4.69) is 6.92 Å². The number of alkyl halides is 1. The first kappa shape index (κ1) is 21.0. The molecule has 4 rings (SSSR count). The number of piperidine rings is 1. The van der Waals surface area contributed by atoms with Gasteiger partial charge < -0.3 is 10.0 Å². The van der Waals surface area contributed by atoms with Crippen molar-refractivity contribution < 1.29 is 18.7 Å². The van der Waals surface area contributed by atoms with Crippen molar-refractivity contribution in [2.45, 2.75) is 49.8 Å². The minimum atomic E-state index is -1.73. The first-order valence-corrected chi connectivity index (χ1v) is 10.7. The van der Waals surface area contributed by atoms with Crippen LogP contribution in [0, 0.1) is 18.7 Å². The molecular weight excluding hydrogens is 384 g/mol. The van der Waals surface area contributed by atoms with Crippen LogP contribution in [-0.2, 0) is 16.1 Å². The molecule has 2 aliphatic rings. The van der Waals surface area contributed by atoms with Crippen molar-refractivity contribution in [2.24, 2.45) is 5.92 Å². The van der Waals surface area contributed by atoms with Gasteiger partial charge in [0.1, 0.15) is 11.5 Å². The van der Waals surface area contributed by atoms with E-state index in [9.17, 15) is 14.3 Å². The first-order valence-electron chi connectivity index (χ1n) is 10.7. The lowest BCUT2D eigenvalue weighted by atomic mass is 9.77. The minimum absolute atomic E-state index is 0.0558. The van der Waals surface area contributed by atoms with Crippen LogP contribution in [0.1, 0.15) is 55.2 Å². The van der Waals surface area contributed by atoms with E-state index in [4.69, 9.17) is 0 Å². The Morgan fingerprint density at radius 3 is 2.37 bits per heavy atom. The Hall–Kier alpha value is -2.27. The number of benzene rings is 2. The average Bonchev–Trinajstić information content (AvgIpc) is 3.31. The zero-order chi connectivity index (χ0) is 21.4. The summed E-state index contributed by atoms with van der Waals surface area (Å²) in [6.45, 7) is 4.19. The highest BCUT2D eigenvalue weighted by molar-refractivity contribution is 5.87. The quantitative estimate of drug-likeness (QED) is 0.778. The van der Waals surface area contributed by atoms with Crippen LogP contribution in [0.5, 0.6) is 0 Å². The van der Waals surface area contributed by atoms with Crippen LogP contribution in [-0.4, -0.2) is 29.0 Å². The Morgan fingerprint density at radius 2 is 1.73 bits per heavy atom. The molecule has 1 N–H and O–H groups in total. The summed E-state index contributed by atoms with van der Waals surface area (Å²) in [6.07, 6.45) is 3.69. The molecule has 1 unspecified atom stereocenters. The third-order valence-corrected chi connectivity index (χ3v) is 6.88. The average molecular weight is 413 g/mol. The molecule has 1 amide bonds. The molecular formula is C25H28F2NO2. The number of nitrogens with zero attached hydrogens (tertiary/aromatic N) is 1. The lowest BCUT2D eigenvalue weighted by molar-refractivity contribution is -0.162. The molecule has 159 valence electrons. The third-order valence-electron chi connectivity index (χ3n) is 6.88. The van der Waals surface area contributed by atoms with Gasteiger partial charge in [0.05, 0.1) is 0 Å². The number of aliphatic hydroxyl groups is 1. The second-order valence-electron chi connectivity index (χ2n) is 8.67. The Balaban J connectivity index is 1.57. The van der Waals surface area contributed by atoms with E-state index in [1.54, 1.807) is 17.0 Å². The largest absolute Gasteiger partial charge is 0.375 e. The highest BCUT2D eigenvalue weighted by Crippen LogP contribution is 2.44. The summed E-state index contributed by atoms with van der Waals surface area (Å²) in [5.74, 6) is -0.983. The molecule has 1 aliphatic carbocycles. The molecule has 30 heavy (non-hydrogen) atoms. The molecule has 2 aromatic carbocycles. The molecule has 1 saturated carbocycles. The van der Waals surface area contributed by atoms with Crippen molar-refractivity contribution >= 4 is 5.91 Å². The van der Waals surface area contributed by atoms with E-state index >= 15 is 4.39 Å². The van der Waals surface area contributed by atoms with Gasteiger partial charge in [0, 0.05) is 31.8 Å². The predicted molar refractivity (Wildman–Crippen MR) is 112 cm³/mol. The number of hydrogen-bond acceptors (Lipinski definition) is 2. The fourth-order valence-electron chi connectivity index (χ4n) is 5.11. The van der Waals surface area contributed by atoms with Crippen molar-refractivity contribution in [3.05, 3.63) is 78.0 Å². The number of likely N-dealkylation sites (tertiary alicyclic amines) is 1. The van der Waals surface area contributed by atoms with Crippen LogP contribution in [0.4, 0.5) is 8.78 Å². The summed E-state index contributed by atoms with van der Waals surface area (Å²) in [6, 6.07) is 13.1. The summed E-state index contributed by atoms with van der Waals surface area (Å²) < 4.78 is 29.4. The highest BCUT2D eigenvalue weighted by atomic mass is 19.1. The van der Waals surface area contributed by atoms with E-state index in [-0.39, 0.29) is 43.3 Å². The lowest BCUT2D eigenvalue weighted by Gasteiger charge is -2.42. The number of amides is 1. The minimum Gasteiger partial charge on any atom is -0.375 e. The van der Waals surface area contributed by atoms with Gasteiger partial charge >= 0.3 is 0 Å². The van der Waals surface area contributed by atoms with E-state index in [0.717, 1.165) is 25.7 Å². The molecule has 5 heteroatoms. The Bertz CT molecular complexity index is 903. The van der Waals surface area contributed by atoms with Crippen LogP contribution >= 0.6 is 0 Å². The maximum Gasteiger partial charge on any atom is 0.259 e. The lowest BCUT2D eigenvalue weighted by Crippen LogP contribution is -2.54. The second kappa shape index (κ2) is 8.10. The van der Waals surface area contributed by atoms with Crippen molar-refractivity contribution in [3.63, 3.8) is 0 Å². The number of rotatable bonds is 4. The highest BCUT2D eigenvalue weighted by Gasteiger charge is 2.50. The number of carbonyl (C=O) groups excluding carboxylic acids is 1. The van der Waals surface area contributed by atoms with Crippen molar-refractivity contribution in [2.75, 3.05) is 13.1 Å². The molecule has 1 aliphatic heterocycles. The third kappa shape index (κ3) is 3.64. The maximum absolute atomic E-state index is 15.7. The van der Waals surface area contributed by atoms with Gasteiger partial charge in [0.2, 0.25) is 0 Å². The number of carbonyl (C=O) groups is 1. The maximum atomic E-state index is 15.7. The van der Waals surface area contributed by atoms with Crippen LogP contribution in [0.2, 0.25) is 0 Å². The molecule has 1 radical (unpaired) electrons. The van der Waals surface area contributed by atoms with Crippen LogP contribution in [0.25, 0.3) is 0 Å². The molecule has 0 spiro atoms. The number of halogens is 2. The summed E-state index contributed by atoms with van der Waals surface area (Å²) in [7, 11) is 0. The van der Waals surface area contributed by atoms with Crippen molar-refractivity contribution in [1.82, 2.24) is 4.90 Å². The van der Waals surface area contributed by atoms with Gasteiger partial charge in [-0.2, -0.15) is 0 Å². The van der Waals surface area contributed by atoms with E-state index in [1.165, 1.54) is 18.2 Å². The Morgan fingerprint density at radius 1 is 1.10 bits per heavy atom. The summed E-state index contributed by atoms with van der Waals surface area (Å²) in [4.78, 5) is 15.1. The Labute approximate surface area is 176 Å². The van der Waals surface area contributed by atoms with Gasteiger partial charge in [-0.05, 0) is 48.6 Å². The molecule has 1 saturated heterocycles. The zero-order valence-corrected chi connectivity index (χ0v) is 17.1. The fraction of sp³-hybridized carbons (Fsp3) is 0.440. The SMILES string of the molecule is [CH2]c1ccc(F)cc1C1(F)CCN(C(=O)C(O)(c2ccccc2)C2CCCC2)CC1. The molecule has 3 nitrogen and oxygen atoms in total. The van der Waals surface area contributed by atoms with Gasteiger partial charge in [0.15, 0.2) is 5.60 Å². The standard InChI is InChI=1S/C25H28F2NO2/c1-18-11-12-21(26)17-22(18)24(27)13-15-28(16-14-24)23(29)25(30,20-9-5-6-10-20)19-7-3-2-4-8-19/h2-4,7-8,11-12,17,20,30H,1,5-6,9-10,13-16H2. The van der Waals surface area contributed by atoms with Gasteiger partial charge in [-0.3, -0.25) is 4.79 Å². The molecule has 2 fully saturated rings. The van der Waals surface area contributed by atoms with E-state index in [0.29, 0.717) is 11.1 Å². The molecule has 1 heterocycles. The van der Waals surface area contributed by atoms with Gasteiger partial charge in [-0.25, -0.2) is 8.78 Å². The summed E-state index contributed by atoms with van der Waals surface area (Å²) >= 11 is 0.